The van der Waals surface area contributed by atoms with Gasteiger partial charge < -0.3 is 0 Å². The number of hydroxylamine groups is 1. The van der Waals surface area contributed by atoms with Crippen molar-refractivity contribution < 1.29 is 14.0 Å². The quantitative estimate of drug-likeness (QED) is 0.648. The van der Waals surface area contributed by atoms with E-state index >= 15 is 0 Å². The maximum Gasteiger partial charge on any atom is 0.267 e. The number of nitrogens with one attached hydrogen (secondary N) is 1. The summed E-state index contributed by atoms with van der Waals surface area (Å²) in [4.78, 5) is 16.4. The van der Waals surface area contributed by atoms with Crippen LogP contribution in [0.25, 0.3) is 6.08 Å². The van der Waals surface area contributed by atoms with Crippen molar-refractivity contribution in [2.24, 2.45) is 0 Å². The summed E-state index contributed by atoms with van der Waals surface area (Å²) in [6.07, 6.45) is 2.81. The van der Waals surface area contributed by atoms with E-state index < -0.39 is 5.60 Å². The maximum atomic E-state index is 12.8. The first-order chi connectivity index (χ1) is 7.87. The van der Waals surface area contributed by atoms with Crippen molar-refractivity contribution in [2.75, 3.05) is 0 Å². The van der Waals surface area contributed by atoms with E-state index in [1.54, 1.807) is 12.1 Å². The molecular weight excluding hydrogens is 221 g/mol. The first kappa shape index (κ1) is 13.4. The summed E-state index contributed by atoms with van der Waals surface area (Å²) < 4.78 is 12.8. The van der Waals surface area contributed by atoms with Crippen LogP contribution in [0.5, 0.6) is 0 Å². The lowest BCUT2D eigenvalue weighted by Crippen LogP contribution is -2.32. The predicted molar refractivity (Wildman–Crippen MR) is 64.4 cm³/mol. The van der Waals surface area contributed by atoms with Crippen LogP contribution in [0.2, 0.25) is 0 Å². The highest BCUT2D eigenvalue weighted by molar-refractivity contribution is 5.90. The van der Waals surface area contributed by atoms with Crippen molar-refractivity contribution in [3.05, 3.63) is 41.7 Å². The molecule has 1 aromatic carbocycles. The molecule has 92 valence electrons. The summed E-state index contributed by atoms with van der Waals surface area (Å²) in [6, 6.07) is 5.98. The lowest BCUT2D eigenvalue weighted by atomic mass is 10.2. The second-order valence-electron chi connectivity index (χ2n) is 4.57. The van der Waals surface area contributed by atoms with Gasteiger partial charge in [-0.05, 0) is 44.5 Å². The van der Waals surface area contributed by atoms with Crippen LogP contribution >= 0.6 is 0 Å². The minimum atomic E-state index is -0.442. The van der Waals surface area contributed by atoms with Crippen LogP contribution in [-0.2, 0) is 9.63 Å². The Morgan fingerprint density at radius 1 is 1.41 bits per heavy atom. The SMILES string of the molecule is CC(C)(C)ONC(=O)/C=C/c1cccc(F)c1. The van der Waals surface area contributed by atoms with Crippen LogP contribution in [-0.4, -0.2) is 11.5 Å². The highest BCUT2D eigenvalue weighted by Crippen LogP contribution is 2.06. The van der Waals surface area contributed by atoms with Crippen LogP contribution in [0.1, 0.15) is 26.3 Å². The monoisotopic (exact) mass is 237 g/mol. The van der Waals surface area contributed by atoms with E-state index in [4.69, 9.17) is 4.84 Å². The van der Waals surface area contributed by atoms with E-state index in [1.165, 1.54) is 24.3 Å². The fourth-order valence-corrected chi connectivity index (χ4v) is 1.02. The lowest BCUT2D eigenvalue weighted by molar-refractivity contribution is -0.140. The number of amides is 1. The normalized spacial score (nSPS) is 11.8. The van der Waals surface area contributed by atoms with Gasteiger partial charge in [0.15, 0.2) is 0 Å². The zero-order valence-corrected chi connectivity index (χ0v) is 10.2. The average molecular weight is 237 g/mol. The fourth-order valence-electron chi connectivity index (χ4n) is 1.02. The highest BCUT2D eigenvalue weighted by atomic mass is 19.1. The molecule has 3 nitrogen and oxygen atoms in total. The van der Waals surface area contributed by atoms with E-state index in [-0.39, 0.29) is 11.7 Å². The van der Waals surface area contributed by atoms with E-state index in [2.05, 4.69) is 5.48 Å². The Balaban J connectivity index is 2.51. The molecule has 0 aliphatic heterocycles. The smallest absolute Gasteiger partial charge is 0.267 e. The second-order valence-corrected chi connectivity index (χ2v) is 4.57. The van der Waals surface area contributed by atoms with Crippen LogP contribution < -0.4 is 5.48 Å². The number of hydrogen-bond donors (Lipinski definition) is 1. The molecule has 0 heterocycles. The molecule has 0 saturated carbocycles. The first-order valence-electron chi connectivity index (χ1n) is 5.28. The molecule has 0 saturated heterocycles. The zero-order chi connectivity index (χ0) is 12.9. The number of carbonyl (C=O) groups is 1. The molecule has 0 unspecified atom stereocenters. The molecule has 1 N–H and O–H groups in total. The maximum absolute atomic E-state index is 12.8. The van der Waals surface area contributed by atoms with Gasteiger partial charge in [0, 0.05) is 6.08 Å². The van der Waals surface area contributed by atoms with Crippen LogP contribution in [0, 0.1) is 5.82 Å². The van der Waals surface area contributed by atoms with Gasteiger partial charge in [-0.3, -0.25) is 9.63 Å². The molecule has 17 heavy (non-hydrogen) atoms. The summed E-state index contributed by atoms with van der Waals surface area (Å²) in [5, 5.41) is 0. The molecule has 0 aliphatic rings. The largest absolute Gasteiger partial charge is 0.268 e. The molecule has 0 spiro atoms. The van der Waals surface area contributed by atoms with Gasteiger partial charge in [-0.25, -0.2) is 9.87 Å². The molecule has 0 aromatic heterocycles. The Kier molecular flexibility index (Phi) is 4.40. The fraction of sp³-hybridized carbons (Fsp3) is 0.308. The van der Waals surface area contributed by atoms with Crippen LogP contribution in [0.4, 0.5) is 4.39 Å². The number of carbonyl (C=O) groups excluding carboxylic acids is 1. The Hall–Kier alpha value is -1.68. The van der Waals surface area contributed by atoms with Crippen molar-refractivity contribution in [3.8, 4) is 0 Å². The van der Waals surface area contributed by atoms with E-state index in [1.807, 2.05) is 20.8 Å². The van der Waals surface area contributed by atoms with E-state index in [0.29, 0.717) is 5.56 Å². The summed E-state index contributed by atoms with van der Waals surface area (Å²) in [5.41, 5.74) is 2.47. The van der Waals surface area contributed by atoms with Gasteiger partial charge in [-0.1, -0.05) is 12.1 Å². The van der Waals surface area contributed by atoms with Crippen LogP contribution in [0.3, 0.4) is 0 Å². The molecule has 1 rings (SSSR count). The van der Waals surface area contributed by atoms with Gasteiger partial charge in [0.1, 0.15) is 5.82 Å². The Bertz CT molecular complexity index is 422. The van der Waals surface area contributed by atoms with Crippen LogP contribution in [0.15, 0.2) is 30.3 Å². The van der Waals surface area contributed by atoms with Gasteiger partial charge in [0.05, 0.1) is 5.60 Å². The summed E-state index contributed by atoms with van der Waals surface area (Å²) >= 11 is 0. The molecular formula is C13H16FNO2. The predicted octanol–water partition coefficient (Wildman–Crippen LogP) is 2.69. The lowest BCUT2D eigenvalue weighted by Gasteiger charge is -2.17. The van der Waals surface area contributed by atoms with Gasteiger partial charge in [0.2, 0.25) is 0 Å². The third kappa shape index (κ3) is 5.82. The molecule has 0 atom stereocenters. The third-order valence-corrected chi connectivity index (χ3v) is 1.73. The third-order valence-electron chi connectivity index (χ3n) is 1.73. The topological polar surface area (TPSA) is 38.3 Å². The number of hydrogen-bond acceptors (Lipinski definition) is 2. The van der Waals surface area contributed by atoms with Crippen molar-refractivity contribution in [1.82, 2.24) is 5.48 Å². The molecule has 4 heteroatoms. The zero-order valence-electron chi connectivity index (χ0n) is 10.2. The standard InChI is InChI=1S/C13H16FNO2/c1-13(2,3)17-15-12(16)8-7-10-5-4-6-11(14)9-10/h4-9H,1-3H3,(H,15,16)/b8-7+. The number of rotatable bonds is 3. The molecule has 0 bridgehead atoms. The first-order valence-corrected chi connectivity index (χ1v) is 5.28. The summed E-state index contributed by atoms with van der Waals surface area (Å²) in [6.45, 7) is 5.47. The van der Waals surface area contributed by atoms with E-state index in [0.717, 1.165) is 0 Å². The number of benzene rings is 1. The molecule has 1 amide bonds. The summed E-state index contributed by atoms with van der Waals surface area (Å²) in [7, 11) is 0. The van der Waals surface area contributed by atoms with Crippen molar-refractivity contribution in [2.45, 2.75) is 26.4 Å². The van der Waals surface area contributed by atoms with Crippen molar-refractivity contribution in [3.63, 3.8) is 0 Å². The Morgan fingerprint density at radius 2 is 2.12 bits per heavy atom. The van der Waals surface area contributed by atoms with Crippen molar-refractivity contribution in [1.29, 1.82) is 0 Å². The summed E-state index contributed by atoms with van der Waals surface area (Å²) in [5.74, 6) is -0.720. The van der Waals surface area contributed by atoms with Gasteiger partial charge >= 0.3 is 0 Å². The Morgan fingerprint density at radius 3 is 2.71 bits per heavy atom. The highest BCUT2D eigenvalue weighted by Gasteiger charge is 2.11. The van der Waals surface area contributed by atoms with Crippen molar-refractivity contribution >= 4 is 12.0 Å². The Labute approximate surface area is 100 Å². The molecule has 0 aliphatic carbocycles. The number of halogens is 1. The van der Waals surface area contributed by atoms with Gasteiger partial charge in [-0.15, -0.1) is 0 Å². The molecule has 0 fully saturated rings. The van der Waals surface area contributed by atoms with Gasteiger partial charge in [-0.2, -0.15) is 0 Å². The minimum Gasteiger partial charge on any atom is -0.268 e. The average Bonchev–Trinajstić information content (AvgIpc) is 2.23. The van der Waals surface area contributed by atoms with E-state index in [9.17, 15) is 9.18 Å². The second kappa shape index (κ2) is 5.59. The molecule has 1 aromatic rings. The van der Waals surface area contributed by atoms with Gasteiger partial charge in [0.25, 0.3) is 5.91 Å². The minimum absolute atomic E-state index is 0.335. The molecule has 0 radical (unpaired) electrons.